The molecule has 4 rings (SSSR count). The van der Waals surface area contributed by atoms with Gasteiger partial charge < -0.3 is 14.2 Å². The summed E-state index contributed by atoms with van der Waals surface area (Å²) < 4.78 is 7.36. The quantitative estimate of drug-likeness (QED) is 0.665. The number of aromatic nitrogens is 1. The number of hydrogen-bond donors (Lipinski definition) is 0. The lowest BCUT2D eigenvalue weighted by Gasteiger charge is -2.27. The van der Waals surface area contributed by atoms with Crippen LogP contribution in [0.25, 0.3) is 10.9 Å². The number of anilines is 1. The molecule has 1 fully saturated rings. The summed E-state index contributed by atoms with van der Waals surface area (Å²) in [6.07, 6.45) is 0.0353. The Hall–Kier alpha value is -3.08. The van der Waals surface area contributed by atoms with Crippen LogP contribution >= 0.6 is 0 Å². The van der Waals surface area contributed by atoms with Gasteiger partial charge in [-0.25, -0.2) is 0 Å². The lowest BCUT2D eigenvalue weighted by atomic mass is 10.1. The molecule has 1 aromatic heterocycles. The largest absolute Gasteiger partial charge is 0.452 e. The summed E-state index contributed by atoms with van der Waals surface area (Å²) in [4.78, 5) is 26.5. The minimum Gasteiger partial charge on any atom is -0.452 e. The number of nitrogens with zero attached hydrogens (tertiary/aromatic N) is 2. The van der Waals surface area contributed by atoms with Crippen molar-refractivity contribution in [3.05, 3.63) is 65.9 Å². The third kappa shape index (κ3) is 3.21. The maximum atomic E-state index is 13.2. The summed E-state index contributed by atoms with van der Waals surface area (Å²) >= 11 is 0. The molecule has 0 aliphatic carbocycles. The van der Waals surface area contributed by atoms with Gasteiger partial charge in [0.15, 0.2) is 6.10 Å². The second kappa shape index (κ2) is 6.91. The fourth-order valence-electron chi connectivity index (χ4n) is 3.68. The number of aryl methyl sites for hydroxylation is 2. The number of para-hydroxylation sites is 2. The maximum absolute atomic E-state index is 13.2. The highest BCUT2D eigenvalue weighted by Crippen LogP contribution is 2.27. The summed E-state index contributed by atoms with van der Waals surface area (Å²) in [5.41, 5.74) is 4.00. The average Bonchev–Trinajstić information content (AvgIpc) is 3.24. The molecule has 1 unspecified atom stereocenters. The zero-order valence-electron chi connectivity index (χ0n) is 15.5. The van der Waals surface area contributed by atoms with Crippen molar-refractivity contribution in [2.75, 3.05) is 4.90 Å². The predicted molar refractivity (Wildman–Crippen MR) is 104 cm³/mol. The van der Waals surface area contributed by atoms with E-state index in [9.17, 15) is 9.59 Å². The number of amides is 1. The van der Waals surface area contributed by atoms with Gasteiger partial charge in [0.2, 0.25) is 0 Å². The molecule has 27 heavy (non-hydrogen) atoms. The molecular formula is C22H22N2O3. The van der Waals surface area contributed by atoms with Gasteiger partial charge in [0.1, 0.15) is 0 Å². The van der Waals surface area contributed by atoms with E-state index < -0.39 is 6.10 Å². The number of esters is 1. The van der Waals surface area contributed by atoms with Crippen LogP contribution in [0.2, 0.25) is 0 Å². The lowest BCUT2D eigenvalue weighted by Crippen LogP contribution is -2.39. The minimum atomic E-state index is -0.702. The van der Waals surface area contributed by atoms with Crippen molar-refractivity contribution in [3.8, 4) is 0 Å². The molecule has 3 aromatic rings. The molecule has 0 bridgehead atoms. The predicted octanol–water partition coefficient (Wildman–Crippen LogP) is 3.73. The van der Waals surface area contributed by atoms with E-state index in [4.69, 9.17) is 4.74 Å². The van der Waals surface area contributed by atoms with E-state index in [2.05, 4.69) is 22.8 Å². The van der Waals surface area contributed by atoms with Crippen LogP contribution < -0.4 is 4.90 Å². The number of benzene rings is 2. The zero-order chi connectivity index (χ0) is 19.0. The van der Waals surface area contributed by atoms with Gasteiger partial charge in [0.25, 0.3) is 5.91 Å². The van der Waals surface area contributed by atoms with Crippen LogP contribution in [0.15, 0.2) is 54.6 Å². The summed E-state index contributed by atoms with van der Waals surface area (Å²) in [6.45, 7) is 2.40. The number of hydrogen-bond acceptors (Lipinski definition) is 3. The summed E-state index contributed by atoms with van der Waals surface area (Å²) in [7, 11) is 2.01. The Kier molecular flexibility index (Phi) is 4.44. The molecule has 1 atom stereocenters. The van der Waals surface area contributed by atoms with Crippen LogP contribution in [-0.4, -0.2) is 22.5 Å². The first-order valence-corrected chi connectivity index (χ1v) is 9.14. The topological polar surface area (TPSA) is 51.5 Å². The lowest BCUT2D eigenvalue weighted by molar-refractivity contribution is -0.147. The molecule has 1 aliphatic heterocycles. The van der Waals surface area contributed by atoms with E-state index in [1.807, 2.05) is 50.4 Å². The minimum absolute atomic E-state index is 0.166. The smallest absolute Gasteiger partial charge is 0.306 e. The van der Waals surface area contributed by atoms with Gasteiger partial charge in [-0.15, -0.1) is 0 Å². The number of fused-ring (bicyclic) bond motifs is 1. The van der Waals surface area contributed by atoms with Crippen LogP contribution in [0.5, 0.6) is 0 Å². The molecule has 1 saturated heterocycles. The highest BCUT2D eigenvalue weighted by Gasteiger charge is 2.34. The summed E-state index contributed by atoms with van der Waals surface area (Å²) in [6, 6.07) is 18.1. The van der Waals surface area contributed by atoms with Gasteiger partial charge in [-0.1, -0.05) is 36.4 Å². The van der Waals surface area contributed by atoms with Crippen molar-refractivity contribution in [2.24, 2.45) is 7.05 Å². The van der Waals surface area contributed by atoms with Gasteiger partial charge in [-0.3, -0.25) is 9.59 Å². The van der Waals surface area contributed by atoms with Gasteiger partial charge in [-0.05, 0) is 36.1 Å². The first kappa shape index (κ1) is 17.3. The number of rotatable bonds is 4. The fourth-order valence-corrected chi connectivity index (χ4v) is 3.68. The van der Waals surface area contributed by atoms with E-state index in [0.717, 1.165) is 27.8 Å². The molecule has 1 aliphatic rings. The molecule has 0 N–H and O–H groups in total. The Balaban J connectivity index is 1.73. The number of ether oxygens (including phenoxy) is 1. The van der Waals surface area contributed by atoms with Crippen molar-refractivity contribution in [2.45, 2.75) is 32.4 Å². The van der Waals surface area contributed by atoms with Crippen LogP contribution in [-0.2, 0) is 27.9 Å². The van der Waals surface area contributed by atoms with Crippen LogP contribution in [0.3, 0.4) is 0 Å². The standard InChI is InChI=1S/C22H22N2O3/c1-15-7-3-5-9-18(15)24(22(26)20-11-12-21(25)27-20)14-17-13-16-8-4-6-10-19(16)23(17)2/h3-10,13,20H,11-12,14H2,1-2H3. The summed E-state index contributed by atoms with van der Waals surface area (Å²) in [5.74, 6) is -0.469. The third-order valence-corrected chi connectivity index (χ3v) is 5.20. The number of cyclic esters (lactones) is 1. The molecule has 5 heteroatoms. The molecule has 138 valence electrons. The van der Waals surface area contributed by atoms with Crippen molar-refractivity contribution in [1.29, 1.82) is 0 Å². The Morgan fingerprint density at radius 3 is 2.63 bits per heavy atom. The second-order valence-electron chi connectivity index (χ2n) is 6.98. The first-order chi connectivity index (χ1) is 13.0. The molecule has 0 spiro atoms. The van der Waals surface area contributed by atoms with Gasteiger partial charge >= 0.3 is 5.97 Å². The second-order valence-corrected chi connectivity index (χ2v) is 6.98. The van der Waals surface area contributed by atoms with Crippen molar-refractivity contribution in [1.82, 2.24) is 4.57 Å². The normalized spacial score (nSPS) is 16.5. The molecule has 0 saturated carbocycles. The van der Waals surface area contributed by atoms with Crippen LogP contribution in [0.4, 0.5) is 5.69 Å². The van der Waals surface area contributed by atoms with Crippen molar-refractivity contribution >= 4 is 28.5 Å². The number of carbonyl (C=O) groups excluding carboxylic acids is 2. The highest BCUT2D eigenvalue weighted by atomic mass is 16.6. The Morgan fingerprint density at radius 2 is 1.93 bits per heavy atom. The van der Waals surface area contributed by atoms with Crippen LogP contribution in [0.1, 0.15) is 24.1 Å². The van der Waals surface area contributed by atoms with Crippen LogP contribution in [0, 0.1) is 6.92 Å². The molecule has 1 amide bonds. The first-order valence-electron chi connectivity index (χ1n) is 9.14. The van der Waals surface area contributed by atoms with E-state index in [0.29, 0.717) is 19.4 Å². The Labute approximate surface area is 158 Å². The molecule has 2 heterocycles. The third-order valence-electron chi connectivity index (χ3n) is 5.20. The van der Waals surface area contributed by atoms with E-state index in [1.54, 1.807) is 4.90 Å². The summed E-state index contributed by atoms with van der Waals surface area (Å²) in [5, 5.41) is 1.14. The maximum Gasteiger partial charge on any atom is 0.306 e. The molecule has 2 aromatic carbocycles. The monoisotopic (exact) mass is 362 g/mol. The van der Waals surface area contributed by atoms with Gasteiger partial charge in [0, 0.05) is 36.8 Å². The number of carbonyl (C=O) groups is 2. The SMILES string of the molecule is Cc1ccccc1N(Cc1cc2ccccc2n1C)C(=O)C1CCC(=O)O1. The Morgan fingerprint density at radius 1 is 1.19 bits per heavy atom. The van der Waals surface area contributed by atoms with Crippen molar-refractivity contribution < 1.29 is 14.3 Å². The van der Waals surface area contributed by atoms with Gasteiger partial charge in [-0.2, -0.15) is 0 Å². The van der Waals surface area contributed by atoms with E-state index >= 15 is 0 Å². The molecule has 0 radical (unpaired) electrons. The molecule has 5 nitrogen and oxygen atoms in total. The highest BCUT2D eigenvalue weighted by molar-refractivity contribution is 5.99. The Bertz CT molecular complexity index is 1020. The fraction of sp³-hybridized carbons (Fsp3) is 0.273. The van der Waals surface area contributed by atoms with E-state index in [-0.39, 0.29) is 11.9 Å². The molecular weight excluding hydrogens is 340 g/mol. The van der Waals surface area contributed by atoms with Crippen molar-refractivity contribution in [3.63, 3.8) is 0 Å². The van der Waals surface area contributed by atoms with E-state index in [1.165, 1.54) is 0 Å². The average molecular weight is 362 g/mol. The zero-order valence-corrected chi connectivity index (χ0v) is 15.5. The van der Waals surface area contributed by atoms with Gasteiger partial charge in [0.05, 0.1) is 6.54 Å².